The molecule has 30 heteroatoms. The first-order valence-electron chi connectivity index (χ1n) is 34.9. The fraction of sp³-hybridized carbons (Fsp3) is 0.507. The fourth-order valence-electron chi connectivity index (χ4n) is 12.3. The van der Waals surface area contributed by atoms with Crippen molar-refractivity contribution in [3.05, 3.63) is 140 Å². The van der Waals surface area contributed by atoms with Crippen molar-refractivity contribution >= 4 is 64.1 Å². The number of nitrogens with zero attached hydrogens (tertiary/aromatic N) is 3. The van der Waals surface area contributed by atoms with E-state index in [1.54, 1.807) is 44.2 Å². The third-order valence-corrected chi connectivity index (χ3v) is 17.9. The summed E-state index contributed by atoms with van der Waals surface area (Å²) in [6.07, 6.45) is 3.87. The number of nitrogens with two attached hydrogens (primary N) is 1. The first-order chi connectivity index (χ1) is 50.0. The maximum atomic E-state index is 15.5. The third-order valence-electron chi connectivity index (χ3n) is 17.9. The van der Waals surface area contributed by atoms with E-state index in [0.717, 1.165) is 16.0 Å². The number of anilines is 1. The Hall–Kier alpha value is -8.95. The Bertz CT molecular complexity index is 3840. The van der Waals surface area contributed by atoms with Gasteiger partial charge in [0, 0.05) is 72.8 Å². The minimum absolute atomic E-state index is 0.0222. The van der Waals surface area contributed by atoms with Crippen molar-refractivity contribution in [3.8, 4) is 11.4 Å². The highest BCUT2D eigenvalue weighted by atomic mass is 19.1. The molecular weight excluding hydrogens is 1340 g/mol. The number of ether oxygens (including phenoxy) is 10. The maximum Gasteiger partial charge on any atom is 0.407 e. The quantitative estimate of drug-likeness (QED) is 0.0163. The van der Waals surface area contributed by atoms with Crippen molar-refractivity contribution in [2.75, 3.05) is 131 Å². The highest BCUT2D eigenvalue weighted by molar-refractivity contribution is 6.13. The van der Waals surface area contributed by atoms with Crippen molar-refractivity contribution < 1.29 is 95.2 Å². The second kappa shape index (κ2) is 39.6. The molecule has 4 aliphatic rings. The van der Waals surface area contributed by atoms with Crippen molar-refractivity contribution in [1.82, 2.24) is 35.7 Å². The number of amides is 7. The van der Waals surface area contributed by atoms with Gasteiger partial charge in [0.05, 0.1) is 141 Å². The van der Waals surface area contributed by atoms with Crippen LogP contribution in [-0.4, -0.2) is 204 Å². The molecule has 8 N–H and O–H groups in total. The molecule has 0 spiro atoms. The Labute approximate surface area is 595 Å². The number of alkyl carbamates (subject to hydrolysis) is 1. The van der Waals surface area contributed by atoms with Crippen molar-refractivity contribution in [2.45, 2.75) is 115 Å². The van der Waals surface area contributed by atoms with Gasteiger partial charge in [-0.3, -0.25) is 38.5 Å². The summed E-state index contributed by atoms with van der Waals surface area (Å²) in [5.74, 6) is -3.91. The van der Waals surface area contributed by atoms with E-state index in [1.165, 1.54) is 22.8 Å². The number of hydrogen-bond donors (Lipinski definition) is 7. The third kappa shape index (κ3) is 21.8. The summed E-state index contributed by atoms with van der Waals surface area (Å²) in [5, 5.41) is 26.4. The number of fused-ring (bicyclic) bond motifs is 5. The Balaban J connectivity index is 0.633. The lowest BCUT2D eigenvalue weighted by Crippen LogP contribution is -2.53. The van der Waals surface area contributed by atoms with Gasteiger partial charge in [-0.05, 0) is 98.0 Å². The first kappa shape index (κ1) is 78.2. The SMILES string of the molecule is CC[C@@]1(O)C(=O)OCc2c1cc1n(c2=O)Cc2c-1nc1cc(F)c(C)c3c1c2C(NC(=O)OCc1ccc(NC(=O)[C@H](CCCCN)NC(=O)[C@@H](Cc2ccccc2)NC(=O)CCOCCOCCOCCOCCOCCOCCOCCOCCNC(=O)CCN2C(=O)C=CC2=O)cc1)CC3. The summed E-state index contributed by atoms with van der Waals surface area (Å²) in [7, 11) is 0. The molecule has 0 radical (unpaired) electrons. The van der Waals surface area contributed by atoms with Crippen LogP contribution in [0.4, 0.5) is 14.9 Å². The minimum Gasteiger partial charge on any atom is -0.458 e. The number of benzene rings is 3. The fourth-order valence-corrected chi connectivity index (χ4v) is 12.3. The van der Waals surface area contributed by atoms with Gasteiger partial charge in [0.15, 0.2) is 5.60 Å². The number of aromatic nitrogens is 2. The second-order valence-corrected chi connectivity index (χ2v) is 24.9. The van der Waals surface area contributed by atoms with Crippen LogP contribution in [0.1, 0.15) is 102 Å². The molecule has 3 aliphatic heterocycles. The van der Waals surface area contributed by atoms with Gasteiger partial charge >= 0.3 is 12.1 Å². The molecule has 556 valence electrons. The molecule has 0 fully saturated rings. The predicted octanol–water partition coefficient (Wildman–Crippen LogP) is 3.67. The number of esters is 1. The van der Waals surface area contributed by atoms with E-state index in [1.807, 2.05) is 30.3 Å². The van der Waals surface area contributed by atoms with E-state index < -0.39 is 76.7 Å². The average Bonchev–Trinajstić information content (AvgIpc) is 1.60. The molecule has 1 aliphatic carbocycles. The van der Waals surface area contributed by atoms with Crippen LogP contribution < -0.4 is 37.9 Å². The second-order valence-electron chi connectivity index (χ2n) is 24.9. The number of aryl methyl sites for hydroxylation is 1. The lowest BCUT2D eigenvalue weighted by molar-refractivity contribution is -0.172. The molecular formula is C73H92FN9O20. The van der Waals surface area contributed by atoms with E-state index in [-0.39, 0.29) is 95.3 Å². The molecule has 103 heavy (non-hydrogen) atoms. The molecule has 1 unspecified atom stereocenters. The minimum atomic E-state index is -2.05. The molecule has 0 saturated carbocycles. The van der Waals surface area contributed by atoms with E-state index >= 15 is 4.39 Å². The zero-order chi connectivity index (χ0) is 73.1. The summed E-state index contributed by atoms with van der Waals surface area (Å²) < 4.78 is 72.3. The van der Waals surface area contributed by atoms with Gasteiger partial charge in [-0.2, -0.15) is 0 Å². The van der Waals surface area contributed by atoms with Crippen LogP contribution in [0.25, 0.3) is 22.3 Å². The molecule has 29 nitrogen and oxygen atoms in total. The van der Waals surface area contributed by atoms with E-state index in [4.69, 9.17) is 58.1 Å². The molecule has 5 aromatic rings. The van der Waals surface area contributed by atoms with Crippen molar-refractivity contribution in [3.63, 3.8) is 0 Å². The van der Waals surface area contributed by atoms with Gasteiger partial charge in [0.2, 0.25) is 23.6 Å². The molecule has 4 atom stereocenters. The smallest absolute Gasteiger partial charge is 0.407 e. The lowest BCUT2D eigenvalue weighted by Gasteiger charge is -2.31. The monoisotopic (exact) mass is 1430 g/mol. The van der Waals surface area contributed by atoms with Crippen LogP contribution >= 0.6 is 0 Å². The molecule has 9 rings (SSSR count). The number of cyclic esters (lactones) is 1. The number of pyridine rings is 2. The summed E-state index contributed by atoms with van der Waals surface area (Å²) in [6, 6.07) is 16.1. The molecule has 7 amide bonds. The van der Waals surface area contributed by atoms with E-state index in [0.29, 0.717) is 175 Å². The van der Waals surface area contributed by atoms with Gasteiger partial charge in [-0.15, -0.1) is 0 Å². The predicted molar refractivity (Wildman–Crippen MR) is 370 cm³/mol. The normalized spacial score (nSPS) is 16.2. The van der Waals surface area contributed by atoms with Crippen LogP contribution in [0.15, 0.2) is 83.7 Å². The zero-order valence-corrected chi connectivity index (χ0v) is 58.2. The maximum absolute atomic E-state index is 15.5. The highest BCUT2D eigenvalue weighted by Crippen LogP contribution is 2.46. The van der Waals surface area contributed by atoms with E-state index in [2.05, 4.69) is 26.6 Å². The van der Waals surface area contributed by atoms with Crippen LogP contribution in [0, 0.1) is 12.7 Å². The van der Waals surface area contributed by atoms with Gasteiger partial charge in [-0.25, -0.2) is 19.0 Å². The number of unbranched alkanes of at least 4 members (excludes halogenated alkanes) is 1. The molecule has 3 aromatic carbocycles. The summed E-state index contributed by atoms with van der Waals surface area (Å²) in [4.78, 5) is 123. The highest BCUT2D eigenvalue weighted by Gasteiger charge is 2.46. The Morgan fingerprint density at radius 2 is 1.32 bits per heavy atom. The number of nitrogens with one attached hydrogen (secondary N) is 5. The molecule has 5 heterocycles. The average molecular weight is 1430 g/mol. The number of carbonyl (C=O) groups is 8. The molecule has 0 saturated heterocycles. The Kier molecular flexibility index (Phi) is 30.1. The molecule has 0 bridgehead atoms. The number of aliphatic hydroxyl groups is 1. The number of imide groups is 1. The standard InChI is InChI=1S/C73H92FN9O20/c1-3-73(93)54-42-60-67-52(44-83(60)70(90)53(54)46-102-71(73)91)66-56(17-16-51-47(2)55(74)43-58(79-67)65(51)66)81-72(92)103-45-49-12-14-50(15-13-49)77-68(88)57(11-7-8-22-75)80-69(89)59(41-48-9-5-4-6-10-48)78-62(85)21-25-94-27-29-96-31-33-98-35-37-100-39-40-101-38-36-99-34-32-97-30-28-95-26-23-76-61(84)20-24-82-63(86)18-19-64(82)87/h4-6,9-10,12-15,18-19,42-43,56-57,59,93H,3,7-8,11,16-17,20-41,44-46,75H2,1-2H3,(H,76,84)(H,77,88)(H,78,85)(H,80,89)(H,81,92)/t56?,57-,59+,73-/m0/s1. The summed E-state index contributed by atoms with van der Waals surface area (Å²) >= 11 is 0. The number of carbonyl (C=O) groups excluding carboxylic acids is 8. The van der Waals surface area contributed by atoms with Crippen LogP contribution in [0.2, 0.25) is 0 Å². The number of rotatable bonds is 45. The van der Waals surface area contributed by atoms with Gasteiger partial charge in [-0.1, -0.05) is 49.4 Å². The number of halogens is 1. The van der Waals surface area contributed by atoms with Crippen LogP contribution in [-0.2, 0) is 119 Å². The van der Waals surface area contributed by atoms with Crippen molar-refractivity contribution in [2.24, 2.45) is 5.73 Å². The van der Waals surface area contributed by atoms with Gasteiger partial charge in [0.1, 0.15) is 31.1 Å². The largest absolute Gasteiger partial charge is 0.458 e. The van der Waals surface area contributed by atoms with Crippen LogP contribution in [0.5, 0.6) is 0 Å². The van der Waals surface area contributed by atoms with Crippen LogP contribution in [0.3, 0.4) is 0 Å². The zero-order valence-electron chi connectivity index (χ0n) is 58.2. The Morgan fingerprint density at radius 1 is 0.709 bits per heavy atom. The van der Waals surface area contributed by atoms with Gasteiger partial charge in [0.25, 0.3) is 17.4 Å². The summed E-state index contributed by atoms with van der Waals surface area (Å²) in [6.45, 7) is 8.94. The molecule has 2 aromatic heterocycles. The van der Waals surface area contributed by atoms with Gasteiger partial charge < -0.3 is 89.4 Å². The van der Waals surface area contributed by atoms with E-state index in [9.17, 15) is 48.3 Å². The topological polar surface area (TPSA) is 373 Å². The van der Waals surface area contributed by atoms with Crippen molar-refractivity contribution in [1.29, 1.82) is 0 Å². The number of hydrogen-bond acceptors (Lipinski definition) is 22. The summed E-state index contributed by atoms with van der Waals surface area (Å²) in [5.41, 5.74) is 8.95. The lowest BCUT2D eigenvalue weighted by atomic mass is 9.81. The first-order valence-corrected chi connectivity index (χ1v) is 34.9. The Morgan fingerprint density at radius 3 is 1.93 bits per heavy atom.